The summed E-state index contributed by atoms with van der Waals surface area (Å²) in [5.41, 5.74) is 0. The van der Waals surface area contributed by atoms with Crippen molar-refractivity contribution in [1.82, 2.24) is 4.31 Å². The van der Waals surface area contributed by atoms with Gasteiger partial charge >= 0.3 is 0 Å². The minimum absolute atomic E-state index is 0.153. The first-order valence-corrected chi connectivity index (χ1v) is 7.71. The summed E-state index contributed by atoms with van der Waals surface area (Å²) in [5.74, 6) is 0. The van der Waals surface area contributed by atoms with E-state index in [0.717, 1.165) is 19.4 Å². The first kappa shape index (κ1) is 12.3. The van der Waals surface area contributed by atoms with Crippen LogP contribution >= 0.6 is 11.3 Å². The highest BCUT2D eigenvalue weighted by molar-refractivity contribution is 7.84. The highest BCUT2D eigenvalue weighted by atomic mass is 32.2. The highest BCUT2D eigenvalue weighted by Gasteiger charge is 2.35. The first-order chi connectivity index (χ1) is 7.50. The average molecular weight is 257 g/mol. The van der Waals surface area contributed by atoms with Crippen LogP contribution in [0.4, 0.5) is 0 Å². The van der Waals surface area contributed by atoms with Gasteiger partial charge in [0.05, 0.1) is 10.8 Å². The minimum Gasteiger partial charge on any atom is -0.242 e. The average Bonchev–Trinajstić information content (AvgIpc) is 2.85. The van der Waals surface area contributed by atoms with Crippen LogP contribution in [-0.4, -0.2) is 19.8 Å². The van der Waals surface area contributed by atoms with Crippen molar-refractivity contribution in [2.45, 2.75) is 44.4 Å². The predicted octanol–water partition coefficient (Wildman–Crippen LogP) is 3.35. The molecule has 0 spiro atoms. The predicted molar refractivity (Wildman–Crippen MR) is 70.9 cm³/mol. The molecule has 1 saturated heterocycles. The van der Waals surface area contributed by atoms with Gasteiger partial charge in [0.25, 0.3) is 0 Å². The van der Waals surface area contributed by atoms with Crippen molar-refractivity contribution in [2.24, 2.45) is 0 Å². The Kier molecular flexibility index (Phi) is 3.52. The Morgan fingerprint density at radius 1 is 1.50 bits per heavy atom. The van der Waals surface area contributed by atoms with Crippen LogP contribution < -0.4 is 0 Å². The molecule has 0 bridgehead atoms. The molecule has 0 aromatic carbocycles. The molecule has 0 aliphatic carbocycles. The number of hydrogen-bond donors (Lipinski definition) is 0. The maximum Gasteiger partial charge on any atom is 0.100 e. The van der Waals surface area contributed by atoms with E-state index < -0.39 is 11.0 Å². The zero-order valence-electron chi connectivity index (χ0n) is 10.1. The molecule has 0 saturated carbocycles. The Labute approximate surface area is 104 Å². The molecular weight excluding hydrogens is 238 g/mol. The Morgan fingerprint density at radius 2 is 2.25 bits per heavy atom. The van der Waals surface area contributed by atoms with Crippen LogP contribution in [0.15, 0.2) is 17.5 Å². The number of thiophene rings is 1. The topological polar surface area (TPSA) is 20.3 Å². The number of hydrogen-bond acceptors (Lipinski definition) is 2. The summed E-state index contributed by atoms with van der Waals surface area (Å²) in [6.45, 7) is 7.11. The van der Waals surface area contributed by atoms with E-state index in [1.807, 2.05) is 20.8 Å². The molecule has 0 radical (unpaired) electrons. The number of nitrogens with zero attached hydrogens (tertiary/aromatic N) is 1. The molecule has 2 rings (SSSR count). The zero-order chi connectivity index (χ0) is 11.8. The van der Waals surface area contributed by atoms with E-state index >= 15 is 0 Å². The SMILES string of the molecule is CC(C)(C)[S@](=O)N1CCC[C@H]1c1cccs1. The van der Waals surface area contributed by atoms with Gasteiger partial charge in [-0.15, -0.1) is 11.3 Å². The standard InChI is InChI=1S/C12H19NOS2/c1-12(2,3)16(14)13-8-4-6-10(13)11-7-5-9-15-11/h5,7,9-10H,4,6,8H2,1-3H3/t10-,16-/m0/s1. The smallest absolute Gasteiger partial charge is 0.100 e. The van der Waals surface area contributed by atoms with Crippen LogP contribution in [-0.2, 0) is 11.0 Å². The molecule has 0 amide bonds. The van der Waals surface area contributed by atoms with E-state index in [-0.39, 0.29) is 4.75 Å². The van der Waals surface area contributed by atoms with Crippen molar-refractivity contribution < 1.29 is 4.21 Å². The Balaban J connectivity index is 2.19. The molecule has 2 heterocycles. The van der Waals surface area contributed by atoms with Crippen LogP contribution in [0.3, 0.4) is 0 Å². The van der Waals surface area contributed by atoms with E-state index in [0.29, 0.717) is 6.04 Å². The molecule has 1 aromatic rings. The van der Waals surface area contributed by atoms with Crippen molar-refractivity contribution in [2.75, 3.05) is 6.54 Å². The third-order valence-electron chi connectivity index (χ3n) is 2.81. The van der Waals surface area contributed by atoms with Gasteiger partial charge in [-0.1, -0.05) is 6.07 Å². The second-order valence-electron chi connectivity index (χ2n) is 5.18. The van der Waals surface area contributed by atoms with E-state index in [1.165, 1.54) is 4.88 Å². The lowest BCUT2D eigenvalue weighted by atomic mass is 10.2. The molecule has 16 heavy (non-hydrogen) atoms. The molecule has 0 unspecified atom stereocenters. The molecule has 1 aliphatic rings. The second-order valence-corrected chi connectivity index (χ2v) is 8.35. The van der Waals surface area contributed by atoms with Crippen molar-refractivity contribution in [1.29, 1.82) is 0 Å². The van der Waals surface area contributed by atoms with Crippen LogP contribution in [0.25, 0.3) is 0 Å². The van der Waals surface area contributed by atoms with Gasteiger partial charge in [0, 0.05) is 11.4 Å². The maximum absolute atomic E-state index is 12.4. The van der Waals surface area contributed by atoms with E-state index in [9.17, 15) is 4.21 Å². The lowest BCUT2D eigenvalue weighted by molar-refractivity contribution is 0.421. The molecule has 1 aliphatic heterocycles. The van der Waals surface area contributed by atoms with Crippen molar-refractivity contribution in [3.05, 3.63) is 22.4 Å². The zero-order valence-corrected chi connectivity index (χ0v) is 11.7. The van der Waals surface area contributed by atoms with Crippen LogP contribution in [0.2, 0.25) is 0 Å². The number of rotatable bonds is 2. The van der Waals surface area contributed by atoms with Gasteiger partial charge in [0.2, 0.25) is 0 Å². The molecule has 1 fully saturated rings. The van der Waals surface area contributed by atoms with Crippen molar-refractivity contribution >= 4 is 22.3 Å². The molecule has 4 heteroatoms. The summed E-state index contributed by atoms with van der Waals surface area (Å²) in [5, 5.41) is 2.10. The van der Waals surface area contributed by atoms with Crippen LogP contribution in [0.5, 0.6) is 0 Å². The Hall–Kier alpha value is -0.190. The van der Waals surface area contributed by atoms with Crippen molar-refractivity contribution in [3.8, 4) is 0 Å². The van der Waals surface area contributed by atoms with E-state index in [4.69, 9.17) is 0 Å². The summed E-state index contributed by atoms with van der Waals surface area (Å²) in [6.07, 6.45) is 2.30. The van der Waals surface area contributed by atoms with Crippen LogP contribution in [0, 0.1) is 0 Å². The summed E-state index contributed by atoms with van der Waals surface area (Å²) in [4.78, 5) is 1.36. The summed E-state index contributed by atoms with van der Waals surface area (Å²) in [6, 6.07) is 4.62. The fourth-order valence-corrected chi connectivity index (χ4v) is 4.44. The maximum atomic E-state index is 12.4. The Morgan fingerprint density at radius 3 is 2.81 bits per heavy atom. The van der Waals surface area contributed by atoms with Crippen molar-refractivity contribution in [3.63, 3.8) is 0 Å². The fraction of sp³-hybridized carbons (Fsp3) is 0.667. The minimum atomic E-state index is -0.887. The monoisotopic (exact) mass is 257 g/mol. The fourth-order valence-electron chi connectivity index (χ4n) is 2.06. The second kappa shape index (κ2) is 4.59. The molecule has 90 valence electrons. The van der Waals surface area contributed by atoms with Gasteiger partial charge in [-0.3, -0.25) is 0 Å². The van der Waals surface area contributed by atoms with E-state index in [1.54, 1.807) is 11.3 Å². The van der Waals surface area contributed by atoms with Gasteiger partial charge in [-0.05, 0) is 45.1 Å². The van der Waals surface area contributed by atoms with Gasteiger partial charge < -0.3 is 0 Å². The molecule has 2 nitrogen and oxygen atoms in total. The Bertz CT molecular complexity index is 367. The van der Waals surface area contributed by atoms with Gasteiger partial charge in [-0.2, -0.15) is 0 Å². The molecule has 2 atom stereocenters. The summed E-state index contributed by atoms with van der Waals surface area (Å²) >= 11 is 1.78. The first-order valence-electron chi connectivity index (χ1n) is 5.72. The molecule has 1 aromatic heterocycles. The lowest BCUT2D eigenvalue weighted by Crippen LogP contribution is -2.36. The summed E-state index contributed by atoms with van der Waals surface area (Å²) < 4.78 is 14.4. The third-order valence-corrected chi connectivity index (χ3v) is 5.70. The normalized spacial score (nSPS) is 24.8. The third kappa shape index (κ3) is 2.39. The molecule has 0 N–H and O–H groups in total. The van der Waals surface area contributed by atoms with Gasteiger partial charge in [0.15, 0.2) is 0 Å². The van der Waals surface area contributed by atoms with Gasteiger partial charge in [-0.25, -0.2) is 8.51 Å². The lowest BCUT2D eigenvalue weighted by Gasteiger charge is -2.29. The highest BCUT2D eigenvalue weighted by Crippen LogP contribution is 2.37. The van der Waals surface area contributed by atoms with Gasteiger partial charge in [0.1, 0.15) is 11.0 Å². The van der Waals surface area contributed by atoms with Crippen LogP contribution in [0.1, 0.15) is 44.5 Å². The van der Waals surface area contributed by atoms with E-state index in [2.05, 4.69) is 21.8 Å². The largest absolute Gasteiger partial charge is 0.242 e. The quantitative estimate of drug-likeness (QED) is 0.795. The summed E-state index contributed by atoms with van der Waals surface area (Å²) in [7, 11) is -0.887. The molecular formula is C12H19NOS2.